The summed E-state index contributed by atoms with van der Waals surface area (Å²) in [5, 5.41) is 9.33. The van der Waals surface area contributed by atoms with Gasteiger partial charge in [-0.15, -0.1) is 0 Å². The van der Waals surface area contributed by atoms with Gasteiger partial charge >= 0.3 is 0 Å². The van der Waals surface area contributed by atoms with Gasteiger partial charge in [0, 0.05) is 20.1 Å². The van der Waals surface area contributed by atoms with Crippen LogP contribution in [0.15, 0.2) is 35.3 Å². The van der Waals surface area contributed by atoms with Crippen molar-refractivity contribution >= 4 is 11.9 Å². The van der Waals surface area contributed by atoms with E-state index in [0.29, 0.717) is 5.75 Å². The predicted octanol–water partition coefficient (Wildman–Crippen LogP) is 2.14. The molecule has 0 fully saturated rings. The molecule has 1 aromatic carbocycles. The molecule has 1 aromatic rings. The van der Waals surface area contributed by atoms with Gasteiger partial charge in [0.25, 0.3) is 0 Å². The maximum absolute atomic E-state index is 9.33. The molecule has 1 aliphatic heterocycles. The molecule has 0 spiro atoms. The first-order valence-electron chi connectivity index (χ1n) is 5.48. The van der Waals surface area contributed by atoms with Crippen LogP contribution >= 0.6 is 0 Å². The molecule has 0 saturated carbocycles. The number of nitrogens with zero attached hydrogens (tertiary/aromatic N) is 2. The molecular formula is C13H16N2O. The summed E-state index contributed by atoms with van der Waals surface area (Å²) in [5.74, 6) is 1.30. The van der Waals surface area contributed by atoms with Gasteiger partial charge in [-0.1, -0.05) is 18.2 Å². The third kappa shape index (κ3) is 2.63. The van der Waals surface area contributed by atoms with E-state index >= 15 is 0 Å². The summed E-state index contributed by atoms with van der Waals surface area (Å²) in [6.07, 6.45) is 5.09. The number of amidine groups is 1. The molecule has 84 valence electrons. The van der Waals surface area contributed by atoms with E-state index in [1.807, 2.05) is 31.3 Å². The Bertz CT molecular complexity index is 424. The number of phenols is 1. The second-order valence-electron chi connectivity index (χ2n) is 3.94. The summed E-state index contributed by atoms with van der Waals surface area (Å²) in [5.41, 5.74) is 0.988. The molecule has 1 N–H and O–H groups in total. The molecular weight excluding hydrogens is 200 g/mol. The van der Waals surface area contributed by atoms with Crippen molar-refractivity contribution in [2.45, 2.75) is 6.42 Å². The number of hydrogen-bond donors (Lipinski definition) is 1. The third-order valence-electron chi connectivity index (χ3n) is 2.61. The molecule has 0 saturated heterocycles. The van der Waals surface area contributed by atoms with Gasteiger partial charge in [0.15, 0.2) is 0 Å². The largest absolute Gasteiger partial charge is 0.508 e. The van der Waals surface area contributed by atoms with Crippen LogP contribution in [0.4, 0.5) is 0 Å². The fraction of sp³-hybridized carbons (Fsp3) is 0.308. The van der Waals surface area contributed by atoms with Gasteiger partial charge in [0.1, 0.15) is 11.6 Å². The molecule has 0 amide bonds. The van der Waals surface area contributed by atoms with Gasteiger partial charge in [0.2, 0.25) is 0 Å². The molecule has 0 aromatic heterocycles. The first-order chi connectivity index (χ1) is 7.75. The van der Waals surface area contributed by atoms with E-state index in [-0.39, 0.29) is 0 Å². The van der Waals surface area contributed by atoms with Crippen molar-refractivity contribution in [1.29, 1.82) is 0 Å². The van der Waals surface area contributed by atoms with Gasteiger partial charge in [-0.05, 0) is 30.2 Å². The van der Waals surface area contributed by atoms with Crippen molar-refractivity contribution in [3.05, 3.63) is 35.9 Å². The zero-order chi connectivity index (χ0) is 11.4. The number of likely N-dealkylation sites (N-methyl/N-ethyl adjacent to an activating group) is 1. The number of aliphatic imine (C=N–C) groups is 1. The summed E-state index contributed by atoms with van der Waals surface area (Å²) >= 11 is 0. The van der Waals surface area contributed by atoms with Crippen LogP contribution in [0.5, 0.6) is 5.75 Å². The number of aromatic hydroxyl groups is 1. The van der Waals surface area contributed by atoms with Crippen LogP contribution in [0.1, 0.15) is 12.0 Å². The van der Waals surface area contributed by atoms with Crippen LogP contribution < -0.4 is 0 Å². The highest BCUT2D eigenvalue weighted by Crippen LogP contribution is 2.12. The van der Waals surface area contributed by atoms with Gasteiger partial charge < -0.3 is 10.0 Å². The maximum Gasteiger partial charge on any atom is 0.123 e. The second-order valence-corrected chi connectivity index (χ2v) is 3.94. The van der Waals surface area contributed by atoms with E-state index in [1.54, 1.807) is 12.1 Å². The Hall–Kier alpha value is -1.77. The average Bonchev–Trinajstić information content (AvgIpc) is 2.28. The van der Waals surface area contributed by atoms with Crippen LogP contribution in [0.3, 0.4) is 0 Å². The molecule has 0 aliphatic carbocycles. The lowest BCUT2D eigenvalue weighted by molar-refractivity contribution is 0.470. The summed E-state index contributed by atoms with van der Waals surface area (Å²) in [4.78, 5) is 6.58. The Kier molecular flexibility index (Phi) is 3.25. The Morgan fingerprint density at radius 3 is 3.00 bits per heavy atom. The highest BCUT2D eigenvalue weighted by Gasteiger charge is 2.06. The maximum atomic E-state index is 9.33. The lowest BCUT2D eigenvalue weighted by atomic mass is 10.2. The lowest BCUT2D eigenvalue weighted by Gasteiger charge is -2.22. The number of hydrogen-bond acceptors (Lipinski definition) is 3. The molecule has 0 bridgehead atoms. The van der Waals surface area contributed by atoms with Crippen molar-refractivity contribution < 1.29 is 5.11 Å². The minimum Gasteiger partial charge on any atom is -0.508 e. The molecule has 16 heavy (non-hydrogen) atoms. The molecule has 0 atom stereocenters. The Morgan fingerprint density at radius 2 is 2.25 bits per heavy atom. The molecule has 3 heteroatoms. The van der Waals surface area contributed by atoms with Crippen LogP contribution in [0.2, 0.25) is 0 Å². The lowest BCUT2D eigenvalue weighted by Crippen LogP contribution is -2.30. The van der Waals surface area contributed by atoms with Crippen LogP contribution in [-0.2, 0) is 0 Å². The first kappa shape index (κ1) is 10.7. The Labute approximate surface area is 95.7 Å². The SMILES string of the molecule is CN1CCCN=C1/C=C\c1cccc(O)c1. The van der Waals surface area contributed by atoms with Crippen molar-refractivity contribution in [3.63, 3.8) is 0 Å². The molecule has 0 unspecified atom stereocenters. The topological polar surface area (TPSA) is 35.8 Å². The average molecular weight is 216 g/mol. The molecule has 2 rings (SSSR count). The van der Waals surface area contributed by atoms with E-state index in [2.05, 4.69) is 9.89 Å². The van der Waals surface area contributed by atoms with E-state index < -0.39 is 0 Å². The Balaban J connectivity index is 2.11. The summed E-state index contributed by atoms with van der Waals surface area (Å²) in [6, 6.07) is 7.20. The number of phenolic OH excluding ortho intramolecular Hbond substituents is 1. The monoisotopic (exact) mass is 216 g/mol. The van der Waals surface area contributed by atoms with Gasteiger partial charge in [-0.25, -0.2) is 0 Å². The first-order valence-corrected chi connectivity index (χ1v) is 5.48. The van der Waals surface area contributed by atoms with Crippen LogP contribution in [-0.4, -0.2) is 36.0 Å². The normalized spacial score (nSPS) is 16.6. The zero-order valence-corrected chi connectivity index (χ0v) is 9.43. The van der Waals surface area contributed by atoms with E-state index in [9.17, 15) is 5.11 Å². The summed E-state index contributed by atoms with van der Waals surface area (Å²) < 4.78 is 0. The number of rotatable bonds is 2. The quantitative estimate of drug-likeness (QED) is 0.822. The van der Waals surface area contributed by atoms with Gasteiger partial charge in [-0.3, -0.25) is 4.99 Å². The minimum absolute atomic E-state index is 0.293. The smallest absolute Gasteiger partial charge is 0.123 e. The standard InChI is InChI=1S/C13H16N2O/c1-15-9-3-8-14-13(15)7-6-11-4-2-5-12(16)10-11/h2,4-7,10,16H,3,8-9H2,1H3/b7-6-. The van der Waals surface area contributed by atoms with Crippen LogP contribution in [0.25, 0.3) is 6.08 Å². The predicted molar refractivity (Wildman–Crippen MR) is 66.7 cm³/mol. The number of benzene rings is 1. The van der Waals surface area contributed by atoms with E-state index in [4.69, 9.17) is 0 Å². The molecule has 0 radical (unpaired) electrons. The summed E-state index contributed by atoms with van der Waals surface area (Å²) in [6.45, 7) is 1.97. The summed E-state index contributed by atoms with van der Waals surface area (Å²) in [7, 11) is 2.05. The second kappa shape index (κ2) is 4.84. The van der Waals surface area contributed by atoms with E-state index in [0.717, 1.165) is 30.9 Å². The highest BCUT2D eigenvalue weighted by molar-refractivity contribution is 5.96. The zero-order valence-electron chi connectivity index (χ0n) is 9.43. The van der Waals surface area contributed by atoms with Gasteiger partial charge in [-0.2, -0.15) is 0 Å². The molecule has 1 aliphatic rings. The third-order valence-corrected chi connectivity index (χ3v) is 2.61. The minimum atomic E-state index is 0.293. The molecule has 3 nitrogen and oxygen atoms in total. The van der Waals surface area contributed by atoms with Crippen molar-refractivity contribution in [1.82, 2.24) is 4.90 Å². The Morgan fingerprint density at radius 1 is 1.38 bits per heavy atom. The highest BCUT2D eigenvalue weighted by atomic mass is 16.3. The van der Waals surface area contributed by atoms with Crippen molar-refractivity contribution in [3.8, 4) is 5.75 Å². The van der Waals surface area contributed by atoms with Gasteiger partial charge in [0.05, 0.1) is 0 Å². The van der Waals surface area contributed by atoms with Crippen molar-refractivity contribution in [2.24, 2.45) is 4.99 Å². The van der Waals surface area contributed by atoms with Crippen molar-refractivity contribution in [2.75, 3.05) is 20.1 Å². The van der Waals surface area contributed by atoms with Crippen LogP contribution in [0, 0.1) is 0 Å². The molecule has 1 heterocycles. The van der Waals surface area contributed by atoms with E-state index in [1.165, 1.54) is 0 Å². The fourth-order valence-corrected chi connectivity index (χ4v) is 1.72. The fourth-order valence-electron chi connectivity index (χ4n) is 1.72.